The molecule has 0 atom stereocenters. The smallest absolute Gasteiger partial charge is 0.147 e. The fourth-order valence-electron chi connectivity index (χ4n) is 13.4. The second-order valence-electron chi connectivity index (χ2n) is 32.6. The van der Waals surface area contributed by atoms with E-state index in [2.05, 4.69) is 259 Å². The van der Waals surface area contributed by atoms with Gasteiger partial charge in [0.05, 0.1) is 33.4 Å². The van der Waals surface area contributed by atoms with Gasteiger partial charge >= 0.3 is 0 Å². The van der Waals surface area contributed by atoms with Crippen molar-refractivity contribution >= 4 is 66.8 Å². The van der Waals surface area contributed by atoms with E-state index in [9.17, 15) is 10.2 Å². The SMILES string of the molecule is CC(C)(C)CC(C)(C)c1cc(-c2cccc(Cl)c2)c(O)c(-n2c3ccc(C(C)(C)C)cc3c3cc(C(C)(C)C)ccc32)c1.CC(C)(C)CC(C)(C)c1cc(-c2cccc(Cl)c2)c(O)c(-n2c3ccc(C(C)(C)C)cc3c3cc(C(C)(C)C)ccc32)c1.[CH3-].[CH3-].[Hf]. The first-order valence-corrected chi connectivity index (χ1v) is 31.7. The van der Waals surface area contributed by atoms with Gasteiger partial charge in [-0.05, 0) is 198 Å². The zero-order valence-electron chi connectivity index (χ0n) is 58.3. The van der Waals surface area contributed by atoms with Gasteiger partial charge in [0.2, 0.25) is 0 Å². The summed E-state index contributed by atoms with van der Waals surface area (Å²) in [6, 6.07) is 51.7. The largest absolute Gasteiger partial charge is 0.505 e. The van der Waals surface area contributed by atoms with Gasteiger partial charge in [-0.2, -0.15) is 0 Å². The van der Waals surface area contributed by atoms with Gasteiger partial charge in [0.15, 0.2) is 0 Å². The monoisotopic (exact) mass is 1400 g/mol. The number of phenolic OH excluding ortho intramolecular Hbond substituents is 2. The number of aromatic nitrogens is 2. The van der Waals surface area contributed by atoms with Crippen LogP contribution < -0.4 is 0 Å². The van der Waals surface area contributed by atoms with Crippen molar-refractivity contribution in [2.75, 3.05) is 0 Å². The van der Waals surface area contributed by atoms with Crippen LogP contribution in [0.2, 0.25) is 10.0 Å². The second-order valence-corrected chi connectivity index (χ2v) is 33.5. The molecule has 0 saturated carbocycles. The zero-order valence-corrected chi connectivity index (χ0v) is 63.4. The van der Waals surface area contributed by atoms with Crippen molar-refractivity contribution in [3.05, 3.63) is 204 Å². The number of hydrogen-bond acceptors (Lipinski definition) is 2. The molecule has 0 aliphatic rings. The second kappa shape index (κ2) is 25.5. The van der Waals surface area contributed by atoms with Crippen molar-refractivity contribution in [1.82, 2.24) is 9.13 Å². The molecular formula is C82H102Cl2HfN2O2-2. The molecule has 10 rings (SSSR count). The van der Waals surface area contributed by atoms with Crippen LogP contribution >= 0.6 is 23.2 Å². The molecule has 10 aromatic rings. The summed E-state index contributed by atoms with van der Waals surface area (Å²) in [5.41, 5.74) is 17.0. The molecule has 0 aliphatic heterocycles. The summed E-state index contributed by atoms with van der Waals surface area (Å²) in [4.78, 5) is 0. The van der Waals surface area contributed by atoms with E-state index in [1.54, 1.807) is 0 Å². The molecule has 2 aromatic heterocycles. The Morgan fingerprint density at radius 3 is 0.809 bits per heavy atom. The van der Waals surface area contributed by atoms with Crippen LogP contribution in [0.3, 0.4) is 0 Å². The first-order chi connectivity index (χ1) is 39.5. The summed E-state index contributed by atoms with van der Waals surface area (Å²) in [7, 11) is 0. The van der Waals surface area contributed by atoms with Crippen LogP contribution in [0.5, 0.6) is 11.5 Å². The van der Waals surface area contributed by atoms with E-state index in [0.29, 0.717) is 10.0 Å². The normalized spacial score (nSPS) is 12.9. The van der Waals surface area contributed by atoms with E-state index >= 15 is 0 Å². The number of fused-ring (bicyclic) bond motifs is 6. The van der Waals surface area contributed by atoms with Crippen molar-refractivity contribution in [2.45, 2.75) is 198 Å². The maximum absolute atomic E-state index is 12.2. The third-order valence-electron chi connectivity index (χ3n) is 17.4. The fourth-order valence-corrected chi connectivity index (χ4v) is 13.8. The summed E-state index contributed by atoms with van der Waals surface area (Å²) in [5.74, 6) is 0.521. The zero-order chi connectivity index (χ0) is 63.4. The summed E-state index contributed by atoms with van der Waals surface area (Å²) in [5, 5.41) is 30.4. The summed E-state index contributed by atoms with van der Waals surface area (Å²) in [6.07, 6.45) is 1.99. The molecule has 0 unspecified atom stereocenters. The van der Waals surface area contributed by atoms with Crippen LogP contribution in [0.25, 0.3) is 77.2 Å². The Bertz CT molecular complexity index is 3810. The molecule has 0 amide bonds. The Hall–Kier alpha value is -5.59. The molecule has 0 fully saturated rings. The van der Waals surface area contributed by atoms with Gasteiger partial charge in [0, 0.05) is 68.6 Å². The molecule has 8 aromatic carbocycles. The van der Waals surface area contributed by atoms with Crippen molar-refractivity contribution in [2.24, 2.45) is 10.8 Å². The maximum Gasteiger partial charge on any atom is 0.147 e. The van der Waals surface area contributed by atoms with Gasteiger partial charge in [-0.25, -0.2) is 0 Å². The number of nitrogens with zero attached hydrogens (tertiary/aromatic N) is 2. The summed E-state index contributed by atoms with van der Waals surface area (Å²) in [6.45, 7) is 50.1. The van der Waals surface area contributed by atoms with Crippen LogP contribution in [0, 0.1) is 25.7 Å². The molecule has 89 heavy (non-hydrogen) atoms. The van der Waals surface area contributed by atoms with E-state index in [4.69, 9.17) is 23.2 Å². The first kappa shape index (κ1) is 72.5. The van der Waals surface area contributed by atoms with Crippen LogP contribution in [0.15, 0.2) is 146 Å². The minimum atomic E-state index is -0.133. The van der Waals surface area contributed by atoms with Crippen molar-refractivity contribution in [3.8, 4) is 45.1 Å². The Morgan fingerprint density at radius 2 is 0.584 bits per heavy atom. The number of hydrogen-bond donors (Lipinski definition) is 2. The fraction of sp³-hybridized carbons (Fsp3) is 0.390. The van der Waals surface area contributed by atoms with Gasteiger partial charge in [-0.15, -0.1) is 0 Å². The van der Waals surface area contributed by atoms with Gasteiger partial charge in [-0.3, -0.25) is 0 Å². The summed E-state index contributed by atoms with van der Waals surface area (Å²) >= 11 is 13.0. The molecule has 0 saturated heterocycles. The van der Waals surface area contributed by atoms with Gasteiger partial charge < -0.3 is 34.2 Å². The average molecular weight is 1400 g/mol. The van der Waals surface area contributed by atoms with E-state index in [0.717, 1.165) is 68.5 Å². The number of rotatable bonds is 8. The third-order valence-corrected chi connectivity index (χ3v) is 17.9. The number of aromatic hydroxyl groups is 2. The Morgan fingerprint density at radius 1 is 0.326 bits per heavy atom. The van der Waals surface area contributed by atoms with Crippen molar-refractivity contribution < 1.29 is 36.1 Å². The van der Waals surface area contributed by atoms with Crippen molar-refractivity contribution in [1.29, 1.82) is 0 Å². The molecule has 472 valence electrons. The topological polar surface area (TPSA) is 50.3 Å². The molecule has 0 radical (unpaired) electrons. The minimum absolute atomic E-state index is 0. The van der Waals surface area contributed by atoms with Crippen LogP contribution in [-0.4, -0.2) is 19.3 Å². The molecule has 0 spiro atoms. The van der Waals surface area contributed by atoms with E-state index in [1.165, 1.54) is 54.9 Å². The van der Waals surface area contributed by atoms with Gasteiger partial charge in [-0.1, -0.05) is 224 Å². The third kappa shape index (κ3) is 15.3. The predicted molar refractivity (Wildman–Crippen MR) is 388 cm³/mol. The standard InChI is InChI=1S/2C40H48ClNO.2CH3.Hf/c2*1-37(2,3)24-40(10,11)28-22-30(25-13-12-14-29(41)19-25)36(43)35(23-28)42-33-17-15-26(38(4,5)6)20-31(33)32-21-27(39(7,8)9)16-18-34(32)42;;;/h2*12-23,43H,24H2,1-11H3;2*1H3;/q;;2*-1;. The maximum atomic E-state index is 12.2. The van der Waals surface area contributed by atoms with Crippen LogP contribution in [-0.2, 0) is 58.3 Å². The van der Waals surface area contributed by atoms with E-state index in [1.807, 2.05) is 48.5 Å². The number of halogens is 2. The Kier molecular flexibility index (Phi) is 20.7. The molecule has 0 aliphatic carbocycles. The average Bonchev–Trinajstić information content (AvgIpc) is 1.67. The molecule has 2 heterocycles. The van der Waals surface area contributed by atoms with Crippen molar-refractivity contribution in [3.63, 3.8) is 0 Å². The van der Waals surface area contributed by atoms with E-state index in [-0.39, 0.29) is 95.5 Å². The minimum Gasteiger partial charge on any atom is -0.505 e. The summed E-state index contributed by atoms with van der Waals surface area (Å²) < 4.78 is 4.53. The van der Waals surface area contributed by atoms with Crippen LogP contribution in [0.1, 0.15) is 199 Å². The molecular weight excluding hydrogens is 1290 g/mol. The molecule has 2 N–H and O–H groups in total. The van der Waals surface area contributed by atoms with Gasteiger partial charge in [0.1, 0.15) is 11.5 Å². The predicted octanol–water partition coefficient (Wildman–Crippen LogP) is 25.1. The van der Waals surface area contributed by atoms with Gasteiger partial charge in [0.25, 0.3) is 0 Å². The molecule has 4 nitrogen and oxygen atoms in total. The molecule has 0 bridgehead atoms. The number of benzene rings is 8. The van der Waals surface area contributed by atoms with Crippen LogP contribution in [0.4, 0.5) is 0 Å². The molecule has 7 heteroatoms. The number of phenols is 2. The quantitative estimate of drug-likeness (QED) is 0.118. The van der Waals surface area contributed by atoms with E-state index < -0.39 is 0 Å². The Balaban J connectivity index is 0.000000274. The Labute approximate surface area is 565 Å². The first-order valence-electron chi connectivity index (χ1n) is 31.0.